The number of halogens is 1. The molecule has 0 saturated heterocycles. The molecule has 0 aliphatic rings. The van der Waals surface area contributed by atoms with E-state index in [1.807, 2.05) is 43.3 Å². The zero-order chi connectivity index (χ0) is 19.4. The lowest BCUT2D eigenvalue weighted by Gasteiger charge is -2.18. The number of hydrogen-bond acceptors (Lipinski definition) is 4. The summed E-state index contributed by atoms with van der Waals surface area (Å²) in [6, 6.07) is 13.0. The minimum Gasteiger partial charge on any atom is -0.492 e. The Morgan fingerprint density at radius 2 is 1.96 bits per heavy atom. The number of fused-ring (bicyclic) bond motifs is 1. The molecule has 1 aromatic heterocycles. The van der Waals surface area contributed by atoms with E-state index in [4.69, 9.17) is 4.74 Å². The second-order valence-corrected chi connectivity index (χ2v) is 7.18. The minimum absolute atomic E-state index is 0.0511. The molecule has 0 spiro atoms. The summed E-state index contributed by atoms with van der Waals surface area (Å²) < 4.78 is 7.95. The van der Waals surface area contributed by atoms with E-state index >= 15 is 0 Å². The van der Waals surface area contributed by atoms with Gasteiger partial charge >= 0.3 is 0 Å². The first-order chi connectivity index (χ1) is 13.0. The second-order valence-electron chi connectivity index (χ2n) is 6.27. The average molecular weight is 430 g/mol. The summed E-state index contributed by atoms with van der Waals surface area (Å²) in [6.07, 6.45) is 1.43. The number of benzene rings is 2. The molecule has 2 aromatic carbocycles. The van der Waals surface area contributed by atoms with Crippen molar-refractivity contribution in [1.29, 1.82) is 0 Å². The molecule has 0 saturated carbocycles. The summed E-state index contributed by atoms with van der Waals surface area (Å²) in [5.41, 5.74) is 1.39. The van der Waals surface area contributed by atoms with E-state index in [0.29, 0.717) is 24.1 Å². The summed E-state index contributed by atoms with van der Waals surface area (Å²) >= 11 is 3.37. The number of para-hydroxylation sites is 1. The number of carbonyl (C=O) groups is 1. The Morgan fingerprint density at radius 1 is 1.22 bits per heavy atom. The molecule has 140 valence electrons. The van der Waals surface area contributed by atoms with Gasteiger partial charge in [0.15, 0.2) is 0 Å². The van der Waals surface area contributed by atoms with E-state index in [2.05, 4.69) is 20.9 Å². The number of rotatable bonds is 6. The molecule has 0 unspecified atom stereocenters. The van der Waals surface area contributed by atoms with Crippen LogP contribution >= 0.6 is 15.9 Å². The number of hydrogen-bond donors (Lipinski definition) is 0. The largest absolute Gasteiger partial charge is 0.492 e. The molecule has 3 aromatic rings. The zero-order valence-corrected chi connectivity index (χ0v) is 16.8. The van der Waals surface area contributed by atoms with Gasteiger partial charge in [-0.1, -0.05) is 28.1 Å². The van der Waals surface area contributed by atoms with Crippen molar-refractivity contribution in [3.05, 3.63) is 69.2 Å². The first-order valence-electron chi connectivity index (χ1n) is 8.53. The summed E-state index contributed by atoms with van der Waals surface area (Å²) in [5.74, 6) is 0.565. The number of carbonyl (C=O) groups excluding carboxylic acids is 1. The van der Waals surface area contributed by atoms with Gasteiger partial charge in [0, 0.05) is 11.5 Å². The normalized spacial score (nSPS) is 10.8. The Kier molecular flexibility index (Phi) is 5.91. The molecule has 0 bridgehead atoms. The second kappa shape index (κ2) is 8.35. The number of nitrogens with zero attached hydrogens (tertiary/aromatic N) is 3. The maximum absolute atomic E-state index is 12.6. The molecule has 1 amide bonds. The van der Waals surface area contributed by atoms with Gasteiger partial charge in [0.25, 0.3) is 5.56 Å². The zero-order valence-electron chi connectivity index (χ0n) is 15.2. The molecule has 27 heavy (non-hydrogen) atoms. The fourth-order valence-electron chi connectivity index (χ4n) is 2.67. The van der Waals surface area contributed by atoms with Gasteiger partial charge < -0.3 is 9.64 Å². The minimum atomic E-state index is -0.212. The van der Waals surface area contributed by atoms with Crippen LogP contribution in [0.1, 0.15) is 5.56 Å². The van der Waals surface area contributed by atoms with Crippen LogP contribution < -0.4 is 10.3 Å². The van der Waals surface area contributed by atoms with Crippen molar-refractivity contribution in [3.63, 3.8) is 0 Å². The van der Waals surface area contributed by atoms with Gasteiger partial charge in [-0.3, -0.25) is 14.2 Å². The van der Waals surface area contributed by atoms with Crippen molar-refractivity contribution in [2.75, 3.05) is 20.2 Å². The van der Waals surface area contributed by atoms with E-state index in [0.717, 1.165) is 15.8 Å². The topological polar surface area (TPSA) is 64.4 Å². The lowest BCUT2D eigenvalue weighted by Crippen LogP contribution is -2.36. The quantitative estimate of drug-likeness (QED) is 0.603. The molecule has 0 aliphatic heterocycles. The molecule has 0 N–H and O–H groups in total. The third-order valence-corrected chi connectivity index (χ3v) is 4.82. The average Bonchev–Trinajstić information content (AvgIpc) is 2.66. The van der Waals surface area contributed by atoms with Crippen LogP contribution in [-0.2, 0) is 11.3 Å². The molecular weight excluding hydrogens is 410 g/mol. The number of aryl methyl sites for hydroxylation is 1. The highest BCUT2D eigenvalue weighted by Gasteiger charge is 2.13. The highest BCUT2D eigenvalue weighted by atomic mass is 79.9. The molecule has 0 aliphatic carbocycles. The molecule has 3 rings (SSSR count). The van der Waals surface area contributed by atoms with Crippen LogP contribution in [-0.4, -0.2) is 40.6 Å². The monoisotopic (exact) mass is 429 g/mol. The van der Waals surface area contributed by atoms with E-state index < -0.39 is 0 Å². The maximum Gasteiger partial charge on any atom is 0.261 e. The van der Waals surface area contributed by atoms with E-state index in [-0.39, 0.29) is 18.0 Å². The smallest absolute Gasteiger partial charge is 0.261 e. The molecule has 6 nitrogen and oxygen atoms in total. The fraction of sp³-hybridized carbons (Fsp3) is 0.250. The highest BCUT2D eigenvalue weighted by molar-refractivity contribution is 9.10. The molecule has 0 atom stereocenters. The van der Waals surface area contributed by atoms with E-state index in [1.165, 1.54) is 10.9 Å². The Morgan fingerprint density at radius 3 is 2.70 bits per heavy atom. The predicted molar refractivity (Wildman–Crippen MR) is 108 cm³/mol. The van der Waals surface area contributed by atoms with Crippen LogP contribution in [0.15, 0.2) is 58.1 Å². The van der Waals surface area contributed by atoms with Gasteiger partial charge in [-0.15, -0.1) is 0 Å². The van der Waals surface area contributed by atoms with Crippen LogP contribution in [0, 0.1) is 6.92 Å². The van der Waals surface area contributed by atoms with Crippen molar-refractivity contribution < 1.29 is 9.53 Å². The van der Waals surface area contributed by atoms with Crippen molar-refractivity contribution in [2.45, 2.75) is 13.5 Å². The van der Waals surface area contributed by atoms with Crippen molar-refractivity contribution in [1.82, 2.24) is 14.5 Å². The van der Waals surface area contributed by atoms with Crippen molar-refractivity contribution >= 4 is 32.7 Å². The molecule has 7 heteroatoms. The van der Waals surface area contributed by atoms with E-state index in [9.17, 15) is 9.59 Å². The van der Waals surface area contributed by atoms with Crippen LogP contribution in [0.3, 0.4) is 0 Å². The first-order valence-corrected chi connectivity index (χ1v) is 9.32. The Labute approximate surface area is 165 Å². The van der Waals surface area contributed by atoms with Crippen LogP contribution in [0.2, 0.25) is 0 Å². The van der Waals surface area contributed by atoms with Crippen molar-refractivity contribution in [3.8, 4) is 5.75 Å². The van der Waals surface area contributed by atoms with Crippen LogP contribution in [0.5, 0.6) is 5.75 Å². The molecule has 0 radical (unpaired) electrons. The van der Waals surface area contributed by atoms with Crippen molar-refractivity contribution in [2.24, 2.45) is 0 Å². The standard InChI is InChI=1S/C20H20BrN3O3/c1-14-4-3-5-17-19(14)22-13-24(20(17)26)12-18(25)23(2)10-11-27-16-8-6-15(21)7-9-16/h3-9,13H,10-12H2,1-2H3. The highest BCUT2D eigenvalue weighted by Crippen LogP contribution is 2.16. The Balaban J connectivity index is 1.61. The lowest BCUT2D eigenvalue weighted by molar-refractivity contribution is -0.130. The van der Waals surface area contributed by atoms with Gasteiger partial charge in [-0.05, 0) is 42.8 Å². The SMILES string of the molecule is Cc1cccc2c(=O)n(CC(=O)N(C)CCOc3ccc(Br)cc3)cnc12. The number of aromatic nitrogens is 2. The van der Waals surface area contributed by atoms with Crippen LogP contribution in [0.25, 0.3) is 10.9 Å². The molecule has 0 fully saturated rings. The van der Waals surface area contributed by atoms with E-state index in [1.54, 1.807) is 18.0 Å². The third-order valence-electron chi connectivity index (χ3n) is 4.30. The molecular formula is C20H20BrN3O3. The fourth-order valence-corrected chi connectivity index (χ4v) is 2.94. The number of ether oxygens (including phenoxy) is 1. The Bertz CT molecular complexity index is 1020. The predicted octanol–water partition coefficient (Wildman–Crippen LogP) is 3.00. The van der Waals surface area contributed by atoms with Gasteiger partial charge in [-0.2, -0.15) is 0 Å². The van der Waals surface area contributed by atoms with Gasteiger partial charge in [0.2, 0.25) is 5.91 Å². The Hall–Kier alpha value is -2.67. The van der Waals surface area contributed by atoms with Gasteiger partial charge in [0.05, 0.1) is 23.8 Å². The summed E-state index contributed by atoms with van der Waals surface area (Å²) in [5, 5.41) is 0.520. The van der Waals surface area contributed by atoms with Gasteiger partial charge in [0.1, 0.15) is 18.9 Å². The summed E-state index contributed by atoms with van der Waals surface area (Å²) in [6.45, 7) is 2.64. The molecule has 1 heterocycles. The summed E-state index contributed by atoms with van der Waals surface area (Å²) in [7, 11) is 1.69. The number of likely N-dealkylation sites (N-methyl/N-ethyl adjacent to an activating group) is 1. The van der Waals surface area contributed by atoms with Crippen LogP contribution in [0.4, 0.5) is 0 Å². The lowest BCUT2D eigenvalue weighted by atomic mass is 10.1. The van der Waals surface area contributed by atoms with Gasteiger partial charge in [-0.25, -0.2) is 4.98 Å². The third kappa shape index (κ3) is 4.54. The summed E-state index contributed by atoms with van der Waals surface area (Å²) in [4.78, 5) is 30.9. The number of amides is 1. The first kappa shape index (κ1) is 19.1. The maximum atomic E-state index is 12.6.